The molecular formula is C17H20O2. The second-order valence-corrected chi connectivity index (χ2v) is 6.88. The molecule has 0 unspecified atom stereocenters. The molecule has 4 rings (SSSR count). The normalized spacial score (nSPS) is 47.7. The third-order valence-electron chi connectivity index (χ3n) is 6.16. The van der Waals surface area contributed by atoms with Gasteiger partial charge in [0.25, 0.3) is 0 Å². The predicted molar refractivity (Wildman–Crippen MR) is 72.3 cm³/mol. The first-order valence-corrected chi connectivity index (χ1v) is 7.59. The topological polar surface area (TPSA) is 34.1 Å². The Labute approximate surface area is 113 Å². The van der Waals surface area contributed by atoms with Crippen LogP contribution in [0.15, 0.2) is 23.3 Å². The molecule has 0 N–H and O–H groups in total. The minimum atomic E-state index is -0.0781. The van der Waals surface area contributed by atoms with E-state index in [1.807, 2.05) is 0 Å². The molecule has 0 spiro atoms. The maximum atomic E-state index is 12.3. The number of hydrogen-bond donors (Lipinski definition) is 0. The van der Waals surface area contributed by atoms with Crippen LogP contribution in [0, 0.1) is 35.5 Å². The van der Waals surface area contributed by atoms with E-state index in [9.17, 15) is 9.59 Å². The Bertz CT molecular complexity index is 493. The maximum absolute atomic E-state index is 12.3. The molecule has 2 nitrogen and oxygen atoms in total. The lowest BCUT2D eigenvalue weighted by atomic mass is 9.58. The first-order chi connectivity index (χ1) is 9.09. The van der Waals surface area contributed by atoms with Gasteiger partial charge in [-0.2, -0.15) is 0 Å². The Kier molecular flexibility index (Phi) is 2.25. The number of carbonyl (C=O) groups excluding carboxylic acids is 2. The minimum Gasteiger partial charge on any atom is -0.294 e. The van der Waals surface area contributed by atoms with E-state index in [0.717, 1.165) is 0 Å². The summed E-state index contributed by atoms with van der Waals surface area (Å²) in [6.45, 7) is 4.37. The lowest BCUT2D eigenvalue weighted by Crippen LogP contribution is -2.45. The van der Waals surface area contributed by atoms with Crippen LogP contribution in [0.5, 0.6) is 0 Å². The highest BCUT2D eigenvalue weighted by Crippen LogP contribution is 2.60. The summed E-state index contributed by atoms with van der Waals surface area (Å²) in [7, 11) is 0. The minimum absolute atomic E-state index is 0.0781. The molecule has 0 aliphatic heterocycles. The van der Waals surface area contributed by atoms with E-state index in [4.69, 9.17) is 0 Å². The van der Waals surface area contributed by atoms with Gasteiger partial charge in [-0.15, -0.1) is 0 Å². The van der Waals surface area contributed by atoms with Gasteiger partial charge in [0.2, 0.25) is 0 Å². The van der Waals surface area contributed by atoms with Crippen LogP contribution in [-0.2, 0) is 9.59 Å². The van der Waals surface area contributed by atoms with Crippen LogP contribution in [0.1, 0.15) is 33.1 Å². The summed E-state index contributed by atoms with van der Waals surface area (Å²) in [4.78, 5) is 24.5. The third-order valence-corrected chi connectivity index (χ3v) is 6.16. The molecule has 19 heavy (non-hydrogen) atoms. The predicted octanol–water partition coefficient (Wildman–Crippen LogP) is 2.94. The van der Waals surface area contributed by atoms with Crippen molar-refractivity contribution in [3.05, 3.63) is 23.3 Å². The average molecular weight is 256 g/mol. The Morgan fingerprint density at radius 3 is 1.68 bits per heavy atom. The van der Waals surface area contributed by atoms with Crippen LogP contribution >= 0.6 is 0 Å². The summed E-state index contributed by atoms with van der Waals surface area (Å²) in [5, 5.41) is 0. The molecule has 4 aliphatic carbocycles. The molecule has 0 saturated heterocycles. The van der Waals surface area contributed by atoms with Crippen molar-refractivity contribution in [2.75, 3.05) is 0 Å². The zero-order chi connectivity index (χ0) is 13.3. The van der Waals surface area contributed by atoms with Gasteiger partial charge in [0.15, 0.2) is 11.6 Å². The Hall–Kier alpha value is -1.18. The van der Waals surface area contributed by atoms with Gasteiger partial charge in [-0.1, -0.05) is 25.0 Å². The highest BCUT2D eigenvalue weighted by atomic mass is 16.1. The number of hydrogen-bond acceptors (Lipinski definition) is 2. The van der Waals surface area contributed by atoms with E-state index in [1.165, 1.54) is 31.4 Å². The molecule has 100 valence electrons. The summed E-state index contributed by atoms with van der Waals surface area (Å²) in [5.41, 5.74) is 3.14. The Morgan fingerprint density at radius 2 is 1.26 bits per heavy atom. The van der Waals surface area contributed by atoms with E-state index in [2.05, 4.69) is 13.8 Å². The second kappa shape index (κ2) is 3.68. The van der Waals surface area contributed by atoms with Crippen molar-refractivity contribution >= 4 is 11.6 Å². The second-order valence-electron chi connectivity index (χ2n) is 6.88. The molecule has 0 amide bonds. The van der Waals surface area contributed by atoms with Gasteiger partial charge >= 0.3 is 0 Å². The smallest absolute Gasteiger partial charge is 0.160 e. The summed E-state index contributed by atoms with van der Waals surface area (Å²) >= 11 is 0. The number of rotatable bonds is 0. The van der Waals surface area contributed by atoms with Crippen molar-refractivity contribution < 1.29 is 9.59 Å². The van der Waals surface area contributed by atoms with E-state index >= 15 is 0 Å². The Morgan fingerprint density at radius 1 is 0.842 bits per heavy atom. The van der Waals surface area contributed by atoms with Crippen molar-refractivity contribution in [2.24, 2.45) is 35.5 Å². The van der Waals surface area contributed by atoms with Crippen LogP contribution in [-0.4, -0.2) is 11.6 Å². The molecule has 0 aromatic heterocycles. The zero-order valence-electron chi connectivity index (χ0n) is 11.6. The van der Waals surface area contributed by atoms with E-state index in [0.29, 0.717) is 11.8 Å². The summed E-state index contributed by atoms with van der Waals surface area (Å²) < 4.78 is 0. The fraction of sp³-hybridized carbons (Fsp3) is 0.647. The van der Waals surface area contributed by atoms with Gasteiger partial charge in [0.05, 0.1) is 0 Å². The zero-order valence-corrected chi connectivity index (χ0v) is 11.6. The van der Waals surface area contributed by atoms with E-state index in [1.54, 1.807) is 11.1 Å². The standard InChI is InChI=1S/C17H20O2/c1-8-14-10-3-4-11(7-10)15(14)9(2)17-13(19)6-5-12(18)16(8)17/h5-6,8-11,16-17H,3-4,7H2,1-2H3/t8-,9+,10-,11-,16-,17-/m0/s1. The first kappa shape index (κ1) is 11.6. The number of carbonyl (C=O) groups is 2. The number of fused-ring (bicyclic) bond motifs is 5. The van der Waals surface area contributed by atoms with Crippen LogP contribution < -0.4 is 0 Å². The largest absolute Gasteiger partial charge is 0.294 e. The molecule has 1 saturated carbocycles. The number of ketones is 2. The number of allylic oxidation sites excluding steroid dienone is 4. The molecule has 6 atom stereocenters. The van der Waals surface area contributed by atoms with Crippen LogP contribution in [0.4, 0.5) is 0 Å². The van der Waals surface area contributed by atoms with E-state index < -0.39 is 0 Å². The van der Waals surface area contributed by atoms with Crippen LogP contribution in [0.2, 0.25) is 0 Å². The van der Waals surface area contributed by atoms with Crippen molar-refractivity contribution in [1.82, 2.24) is 0 Å². The lowest BCUT2D eigenvalue weighted by molar-refractivity contribution is -0.132. The third kappa shape index (κ3) is 1.32. The monoisotopic (exact) mass is 256 g/mol. The quantitative estimate of drug-likeness (QED) is 0.624. The molecule has 2 bridgehead atoms. The summed E-state index contributed by atoms with van der Waals surface area (Å²) in [5.74, 6) is 2.20. The van der Waals surface area contributed by atoms with Crippen molar-refractivity contribution in [3.63, 3.8) is 0 Å². The fourth-order valence-electron chi connectivity index (χ4n) is 5.53. The van der Waals surface area contributed by atoms with Crippen molar-refractivity contribution in [2.45, 2.75) is 33.1 Å². The van der Waals surface area contributed by atoms with Gasteiger partial charge in [-0.05, 0) is 55.1 Å². The molecule has 1 fully saturated rings. The maximum Gasteiger partial charge on any atom is 0.160 e. The van der Waals surface area contributed by atoms with Gasteiger partial charge < -0.3 is 0 Å². The molecule has 4 aliphatic rings. The average Bonchev–Trinajstić information content (AvgIpc) is 2.99. The van der Waals surface area contributed by atoms with Gasteiger partial charge in [0.1, 0.15) is 0 Å². The van der Waals surface area contributed by atoms with Gasteiger partial charge in [-0.25, -0.2) is 0 Å². The summed E-state index contributed by atoms with van der Waals surface area (Å²) in [6.07, 6.45) is 6.93. The molecule has 2 heteroatoms. The molecular weight excluding hydrogens is 236 g/mol. The van der Waals surface area contributed by atoms with Crippen molar-refractivity contribution in [1.29, 1.82) is 0 Å². The van der Waals surface area contributed by atoms with E-state index in [-0.39, 0.29) is 35.2 Å². The Balaban J connectivity index is 1.86. The molecule has 0 radical (unpaired) electrons. The highest BCUT2D eigenvalue weighted by molar-refractivity contribution is 6.08. The summed E-state index contributed by atoms with van der Waals surface area (Å²) in [6, 6.07) is 0. The van der Waals surface area contributed by atoms with Crippen LogP contribution in [0.25, 0.3) is 0 Å². The SMILES string of the molecule is C[C@@H]1C2=C([C@H]3CC[C@H]2C3)[C@H](C)[C@H]2C(=O)C=CC(=O)[C@@H]21. The lowest BCUT2D eigenvalue weighted by Gasteiger charge is -2.44. The molecule has 0 aromatic rings. The highest BCUT2D eigenvalue weighted by Gasteiger charge is 2.54. The fourth-order valence-corrected chi connectivity index (χ4v) is 5.53. The van der Waals surface area contributed by atoms with Gasteiger partial charge in [0, 0.05) is 11.8 Å². The molecule has 0 aromatic carbocycles. The first-order valence-electron chi connectivity index (χ1n) is 7.59. The molecule has 0 heterocycles. The van der Waals surface area contributed by atoms with Crippen LogP contribution in [0.3, 0.4) is 0 Å². The van der Waals surface area contributed by atoms with Gasteiger partial charge in [-0.3, -0.25) is 9.59 Å². The van der Waals surface area contributed by atoms with Crippen molar-refractivity contribution in [3.8, 4) is 0 Å².